The molecule has 0 aliphatic heterocycles. The van der Waals surface area contributed by atoms with E-state index in [0.29, 0.717) is 11.5 Å². The van der Waals surface area contributed by atoms with Gasteiger partial charge in [-0.2, -0.15) is 0 Å². The molecule has 0 aliphatic carbocycles. The normalized spacial score (nSPS) is 10.8. The number of imidazole rings is 1. The fourth-order valence-electron chi connectivity index (χ4n) is 1.76. The van der Waals surface area contributed by atoms with E-state index in [9.17, 15) is 8.78 Å². The number of anilines is 2. The maximum Gasteiger partial charge on any atom is 0.205 e. The molecule has 2 aromatic carbocycles. The molecule has 0 saturated carbocycles. The first-order valence-electron chi connectivity index (χ1n) is 5.39. The van der Waals surface area contributed by atoms with E-state index in [1.807, 2.05) is 30.3 Å². The van der Waals surface area contributed by atoms with Crippen LogP contribution in [0.25, 0.3) is 11.0 Å². The Bertz CT molecular complexity index is 692. The van der Waals surface area contributed by atoms with Crippen LogP contribution in [0.4, 0.5) is 20.4 Å². The summed E-state index contributed by atoms with van der Waals surface area (Å²) in [6.07, 6.45) is 0. The van der Waals surface area contributed by atoms with E-state index in [1.54, 1.807) is 0 Å². The number of rotatable bonds is 2. The standard InChI is InChI=1S/C13H9F2N3/c14-8-6-10(15)12-11(7-8)17-13(18-12)16-9-4-2-1-3-5-9/h1-7H,(H2,16,17,18). The molecular formula is C13H9F2N3. The van der Waals surface area contributed by atoms with Gasteiger partial charge in [-0.15, -0.1) is 0 Å². The van der Waals surface area contributed by atoms with Gasteiger partial charge in [0.2, 0.25) is 5.95 Å². The third-order valence-electron chi connectivity index (χ3n) is 2.54. The van der Waals surface area contributed by atoms with Crippen LogP contribution in [0.3, 0.4) is 0 Å². The number of nitrogens with zero attached hydrogens (tertiary/aromatic N) is 1. The number of H-pyrrole nitrogens is 1. The lowest BCUT2D eigenvalue weighted by atomic mass is 10.3. The van der Waals surface area contributed by atoms with Crippen LogP contribution in [0.15, 0.2) is 42.5 Å². The average Bonchev–Trinajstić information content (AvgIpc) is 2.73. The molecule has 18 heavy (non-hydrogen) atoms. The highest BCUT2D eigenvalue weighted by Gasteiger charge is 2.09. The molecule has 0 amide bonds. The summed E-state index contributed by atoms with van der Waals surface area (Å²) in [5, 5.41) is 2.98. The summed E-state index contributed by atoms with van der Waals surface area (Å²) in [4.78, 5) is 6.86. The second-order valence-electron chi connectivity index (χ2n) is 3.86. The number of benzene rings is 2. The summed E-state index contributed by atoms with van der Waals surface area (Å²) in [5.74, 6) is -0.932. The van der Waals surface area contributed by atoms with Gasteiger partial charge in [0.05, 0.1) is 5.52 Å². The van der Waals surface area contributed by atoms with E-state index in [-0.39, 0.29) is 5.52 Å². The predicted molar refractivity (Wildman–Crippen MR) is 65.7 cm³/mol. The molecule has 0 bridgehead atoms. The van der Waals surface area contributed by atoms with Crippen molar-refractivity contribution >= 4 is 22.7 Å². The topological polar surface area (TPSA) is 40.7 Å². The van der Waals surface area contributed by atoms with Crippen LogP contribution in [0.2, 0.25) is 0 Å². The molecule has 1 heterocycles. The number of halogens is 2. The van der Waals surface area contributed by atoms with Crippen LogP contribution >= 0.6 is 0 Å². The first-order chi connectivity index (χ1) is 8.72. The van der Waals surface area contributed by atoms with E-state index in [1.165, 1.54) is 6.07 Å². The van der Waals surface area contributed by atoms with Gasteiger partial charge in [-0.25, -0.2) is 13.8 Å². The number of aromatic nitrogens is 2. The van der Waals surface area contributed by atoms with Crippen LogP contribution in [-0.2, 0) is 0 Å². The van der Waals surface area contributed by atoms with Gasteiger partial charge in [-0.05, 0) is 18.2 Å². The van der Waals surface area contributed by atoms with Crippen LogP contribution in [-0.4, -0.2) is 9.97 Å². The number of aromatic amines is 1. The maximum atomic E-state index is 13.4. The monoisotopic (exact) mass is 245 g/mol. The fraction of sp³-hybridized carbons (Fsp3) is 0. The van der Waals surface area contributed by atoms with Crippen molar-refractivity contribution in [1.82, 2.24) is 9.97 Å². The molecule has 5 heteroatoms. The predicted octanol–water partition coefficient (Wildman–Crippen LogP) is 3.58. The number of para-hydroxylation sites is 1. The third-order valence-corrected chi connectivity index (χ3v) is 2.54. The quantitative estimate of drug-likeness (QED) is 0.724. The van der Waals surface area contributed by atoms with Gasteiger partial charge in [-0.1, -0.05) is 18.2 Å². The minimum absolute atomic E-state index is 0.120. The van der Waals surface area contributed by atoms with Crippen molar-refractivity contribution in [1.29, 1.82) is 0 Å². The minimum atomic E-state index is -0.678. The Balaban J connectivity index is 2.01. The Labute approximate surface area is 101 Å². The molecule has 90 valence electrons. The highest BCUT2D eigenvalue weighted by atomic mass is 19.1. The largest absolute Gasteiger partial charge is 0.326 e. The number of fused-ring (bicyclic) bond motifs is 1. The molecule has 3 nitrogen and oxygen atoms in total. The summed E-state index contributed by atoms with van der Waals surface area (Å²) < 4.78 is 26.5. The first kappa shape index (κ1) is 10.7. The Morgan fingerprint density at radius 1 is 1.06 bits per heavy atom. The lowest BCUT2D eigenvalue weighted by Gasteiger charge is -2.00. The Morgan fingerprint density at radius 2 is 1.83 bits per heavy atom. The number of hydrogen-bond donors (Lipinski definition) is 2. The number of nitrogens with one attached hydrogen (secondary N) is 2. The van der Waals surface area contributed by atoms with E-state index in [2.05, 4.69) is 15.3 Å². The van der Waals surface area contributed by atoms with Crippen molar-refractivity contribution in [3.8, 4) is 0 Å². The third kappa shape index (κ3) is 1.90. The summed E-state index contributed by atoms with van der Waals surface area (Å²) in [6.45, 7) is 0. The molecule has 0 atom stereocenters. The summed E-state index contributed by atoms with van der Waals surface area (Å²) >= 11 is 0. The molecule has 0 saturated heterocycles. The Hall–Kier alpha value is -2.43. The summed E-state index contributed by atoms with van der Waals surface area (Å²) in [7, 11) is 0. The molecule has 0 fully saturated rings. The highest BCUT2D eigenvalue weighted by Crippen LogP contribution is 2.21. The van der Waals surface area contributed by atoms with Crippen molar-refractivity contribution in [3.05, 3.63) is 54.1 Å². The Kier molecular flexibility index (Phi) is 2.44. The van der Waals surface area contributed by atoms with Gasteiger partial charge in [-0.3, -0.25) is 0 Å². The average molecular weight is 245 g/mol. The zero-order chi connectivity index (χ0) is 12.5. The molecule has 3 rings (SSSR count). The van der Waals surface area contributed by atoms with Gasteiger partial charge in [0.15, 0.2) is 5.82 Å². The summed E-state index contributed by atoms with van der Waals surface area (Å²) in [6, 6.07) is 11.3. The molecule has 0 radical (unpaired) electrons. The van der Waals surface area contributed by atoms with E-state index < -0.39 is 11.6 Å². The minimum Gasteiger partial charge on any atom is -0.326 e. The van der Waals surface area contributed by atoms with Crippen LogP contribution < -0.4 is 5.32 Å². The van der Waals surface area contributed by atoms with Gasteiger partial charge in [0.25, 0.3) is 0 Å². The van der Waals surface area contributed by atoms with E-state index in [0.717, 1.165) is 11.8 Å². The molecule has 0 unspecified atom stereocenters. The van der Waals surface area contributed by atoms with Gasteiger partial charge in [0.1, 0.15) is 11.3 Å². The fourth-order valence-corrected chi connectivity index (χ4v) is 1.76. The van der Waals surface area contributed by atoms with Gasteiger partial charge >= 0.3 is 0 Å². The van der Waals surface area contributed by atoms with Crippen LogP contribution in [0, 0.1) is 11.6 Å². The summed E-state index contributed by atoms with van der Waals surface area (Å²) in [5.41, 5.74) is 1.26. The smallest absolute Gasteiger partial charge is 0.205 e. The molecular weight excluding hydrogens is 236 g/mol. The van der Waals surface area contributed by atoms with Crippen molar-refractivity contribution in [2.45, 2.75) is 0 Å². The van der Waals surface area contributed by atoms with E-state index >= 15 is 0 Å². The zero-order valence-corrected chi connectivity index (χ0v) is 9.24. The molecule has 1 aromatic heterocycles. The lowest BCUT2D eigenvalue weighted by Crippen LogP contribution is -1.91. The molecule has 3 aromatic rings. The van der Waals surface area contributed by atoms with Gasteiger partial charge in [0, 0.05) is 11.8 Å². The second kappa shape index (κ2) is 4.10. The van der Waals surface area contributed by atoms with Gasteiger partial charge < -0.3 is 10.3 Å². The van der Waals surface area contributed by atoms with Crippen molar-refractivity contribution in [2.75, 3.05) is 5.32 Å². The highest BCUT2D eigenvalue weighted by molar-refractivity contribution is 5.79. The maximum absolute atomic E-state index is 13.4. The molecule has 0 spiro atoms. The van der Waals surface area contributed by atoms with Crippen molar-refractivity contribution in [2.24, 2.45) is 0 Å². The SMILES string of the molecule is Fc1cc(F)c2nc(Nc3ccccc3)[nH]c2c1. The van der Waals surface area contributed by atoms with Crippen molar-refractivity contribution < 1.29 is 8.78 Å². The second-order valence-corrected chi connectivity index (χ2v) is 3.86. The van der Waals surface area contributed by atoms with Crippen LogP contribution in [0.1, 0.15) is 0 Å². The Morgan fingerprint density at radius 3 is 2.61 bits per heavy atom. The number of hydrogen-bond acceptors (Lipinski definition) is 2. The zero-order valence-electron chi connectivity index (χ0n) is 9.24. The molecule has 2 N–H and O–H groups in total. The first-order valence-corrected chi connectivity index (χ1v) is 5.39. The van der Waals surface area contributed by atoms with Crippen molar-refractivity contribution in [3.63, 3.8) is 0 Å². The molecule has 0 aliphatic rings. The van der Waals surface area contributed by atoms with Crippen LogP contribution in [0.5, 0.6) is 0 Å². The van der Waals surface area contributed by atoms with E-state index in [4.69, 9.17) is 0 Å². The lowest BCUT2D eigenvalue weighted by molar-refractivity contribution is 0.591.